The molecule has 1 heterocycles. The van der Waals surface area contributed by atoms with Crippen LogP contribution in [0, 0.1) is 23.7 Å². The fourth-order valence-electron chi connectivity index (χ4n) is 2.58. The molecule has 1 saturated carbocycles. The maximum Gasteiger partial charge on any atom is 0.303 e. The normalized spacial score (nSPS) is 15.6. The van der Waals surface area contributed by atoms with E-state index >= 15 is 0 Å². The number of hydrogen-bond acceptors (Lipinski definition) is 4. The summed E-state index contributed by atoms with van der Waals surface area (Å²) in [5.74, 6) is -1.17. The van der Waals surface area contributed by atoms with Crippen LogP contribution < -0.4 is 5.32 Å². The minimum absolute atomic E-state index is 0.0765. The lowest BCUT2D eigenvalue weighted by Gasteiger charge is -2.40. The molecule has 1 aliphatic carbocycles. The number of amides is 1. The number of pyridine rings is 1. The van der Waals surface area contributed by atoms with Crippen molar-refractivity contribution in [3.63, 3.8) is 0 Å². The molecule has 1 fully saturated rings. The predicted octanol–water partition coefficient (Wildman–Crippen LogP) is 1.64. The standard InChI is InChI=1S/C15H17N3O3/c1-10-11(8-16)3-4-12(18-10)14(21)17-9-15(5-2-6-15)7-13(19)20/h3-4H,2,5-7,9H2,1H3,(H,17,21)(H,19,20). The summed E-state index contributed by atoms with van der Waals surface area (Å²) < 4.78 is 0. The lowest BCUT2D eigenvalue weighted by molar-refractivity contribution is -0.141. The maximum absolute atomic E-state index is 12.1. The Labute approximate surface area is 122 Å². The van der Waals surface area contributed by atoms with E-state index in [1.807, 2.05) is 6.07 Å². The summed E-state index contributed by atoms with van der Waals surface area (Å²) in [4.78, 5) is 27.0. The van der Waals surface area contributed by atoms with E-state index in [1.165, 1.54) is 6.07 Å². The number of aliphatic carboxylic acids is 1. The number of carbonyl (C=O) groups is 2. The van der Waals surface area contributed by atoms with Crippen LogP contribution in [0.25, 0.3) is 0 Å². The molecule has 0 unspecified atom stereocenters. The third-order valence-corrected chi connectivity index (χ3v) is 4.00. The summed E-state index contributed by atoms with van der Waals surface area (Å²) in [6.45, 7) is 2.02. The molecular formula is C15H17N3O3. The number of aromatic nitrogens is 1. The van der Waals surface area contributed by atoms with Crippen molar-refractivity contribution in [3.8, 4) is 6.07 Å². The Balaban J connectivity index is 2.00. The van der Waals surface area contributed by atoms with Crippen LogP contribution >= 0.6 is 0 Å². The average molecular weight is 287 g/mol. The monoisotopic (exact) mass is 287 g/mol. The molecule has 21 heavy (non-hydrogen) atoms. The molecule has 0 radical (unpaired) electrons. The smallest absolute Gasteiger partial charge is 0.303 e. The largest absolute Gasteiger partial charge is 0.481 e. The van der Waals surface area contributed by atoms with E-state index in [-0.39, 0.29) is 23.4 Å². The Morgan fingerprint density at radius 1 is 1.48 bits per heavy atom. The molecule has 0 aliphatic heterocycles. The first-order valence-electron chi connectivity index (χ1n) is 6.83. The highest BCUT2D eigenvalue weighted by atomic mass is 16.4. The molecule has 0 bridgehead atoms. The second kappa shape index (κ2) is 5.92. The number of rotatable bonds is 5. The zero-order valence-electron chi connectivity index (χ0n) is 11.8. The Bertz CT molecular complexity index is 615. The molecule has 2 N–H and O–H groups in total. The van der Waals surface area contributed by atoms with Gasteiger partial charge in [-0.1, -0.05) is 6.42 Å². The van der Waals surface area contributed by atoms with Crippen LogP contribution in [-0.2, 0) is 4.79 Å². The SMILES string of the molecule is Cc1nc(C(=O)NCC2(CC(=O)O)CCC2)ccc1C#N. The maximum atomic E-state index is 12.1. The molecule has 0 spiro atoms. The molecule has 1 aromatic heterocycles. The van der Waals surface area contributed by atoms with Crippen molar-refractivity contribution in [2.45, 2.75) is 32.6 Å². The second-order valence-electron chi connectivity index (χ2n) is 5.55. The van der Waals surface area contributed by atoms with E-state index in [0.29, 0.717) is 17.8 Å². The average Bonchev–Trinajstić information content (AvgIpc) is 2.40. The molecule has 0 saturated heterocycles. The molecule has 1 aromatic rings. The van der Waals surface area contributed by atoms with Gasteiger partial charge in [0.15, 0.2) is 0 Å². The first-order chi connectivity index (χ1) is 9.96. The van der Waals surface area contributed by atoms with Crippen LogP contribution in [0.2, 0.25) is 0 Å². The summed E-state index contributed by atoms with van der Waals surface area (Å²) >= 11 is 0. The molecule has 6 nitrogen and oxygen atoms in total. The van der Waals surface area contributed by atoms with E-state index in [2.05, 4.69) is 10.3 Å². The first-order valence-corrected chi connectivity index (χ1v) is 6.83. The number of carboxylic acid groups (broad SMARTS) is 1. The first kappa shape index (κ1) is 15.0. The van der Waals surface area contributed by atoms with Gasteiger partial charge < -0.3 is 10.4 Å². The minimum Gasteiger partial charge on any atom is -0.481 e. The van der Waals surface area contributed by atoms with Gasteiger partial charge in [0.25, 0.3) is 5.91 Å². The van der Waals surface area contributed by atoms with Crippen LogP contribution in [0.1, 0.15) is 47.4 Å². The van der Waals surface area contributed by atoms with Gasteiger partial charge in [-0.2, -0.15) is 5.26 Å². The number of nitriles is 1. The highest BCUT2D eigenvalue weighted by Gasteiger charge is 2.39. The fourth-order valence-corrected chi connectivity index (χ4v) is 2.58. The topological polar surface area (TPSA) is 103 Å². The lowest BCUT2D eigenvalue weighted by Crippen LogP contribution is -2.43. The molecule has 6 heteroatoms. The zero-order valence-corrected chi connectivity index (χ0v) is 11.8. The third-order valence-electron chi connectivity index (χ3n) is 4.00. The van der Waals surface area contributed by atoms with Crippen molar-refractivity contribution >= 4 is 11.9 Å². The summed E-state index contributed by atoms with van der Waals surface area (Å²) in [6, 6.07) is 5.07. The molecule has 1 aliphatic rings. The number of hydrogen-bond donors (Lipinski definition) is 2. The van der Waals surface area contributed by atoms with Gasteiger partial charge in [-0.25, -0.2) is 4.98 Å². The Morgan fingerprint density at radius 3 is 2.67 bits per heavy atom. The van der Waals surface area contributed by atoms with Crippen LogP contribution in [0.3, 0.4) is 0 Å². The van der Waals surface area contributed by atoms with Crippen molar-refractivity contribution in [1.82, 2.24) is 10.3 Å². The summed E-state index contributed by atoms with van der Waals surface area (Å²) in [5.41, 5.74) is 0.876. The van der Waals surface area contributed by atoms with Gasteiger partial charge in [-0.3, -0.25) is 9.59 Å². The van der Waals surface area contributed by atoms with Gasteiger partial charge in [-0.05, 0) is 37.3 Å². The van der Waals surface area contributed by atoms with Gasteiger partial charge in [0.1, 0.15) is 11.8 Å². The number of nitrogens with zero attached hydrogens (tertiary/aromatic N) is 2. The Kier molecular flexibility index (Phi) is 4.22. The molecule has 1 amide bonds. The molecular weight excluding hydrogens is 270 g/mol. The van der Waals surface area contributed by atoms with Gasteiger partial charge in [0.05, 0.1) is 17.7 Å². The number of carboxylic acids is 1. The van der Waals surface area contributed by atoms with Gasteiger partial charge in [0.2, 0.25) is 0 Å². The van der Waals surface area contributed by atoms with E-state index in [9.17, 15) is 9.59 Å². The van der Waals surface area contributed by atoms with Crippen LogP contribution in [-0.4, -0.2) is 28.5 Å². The van der Waals surface area contributed by atoms with E-state index < -0.39 is 5.97 Å². The van der Waals surface area contributed by atoms with Gasteiger partial charge >= 0.3 is 5.97 Å². The predicted molar refractivity (Wildman–Crippen MR) is 74.6 cm³/mol. The third kappa shape index (κ3) is 3.37. The van der Waals surface area contributed by atoms with E-state index in [0.717, 1.165) is 19.3 Å². The zero-order chi connectivity index (χ0) is 15.5. The van der Waals surface area contributed by atoms with Crippen LogP contribution in [0.4, 0.5) is 0 Å². The summed E-state index contributed by atoms with van der Waals surface area (Å²) in [7, 11) is 0. The van der Waals surface area contributed by atoms with Gasteiger partial charge in [-0.15, -0.1) is 0 Å². The second-order valence-corrected chi connectivity index (χ2v) is 5.55. The number of aryl methyl sites for hydroxylation is 1. The number of nitrogens with one attached hydrogen (secondary N) is 1. The highest BCUT2D eigenvalue weighted by molar-refractivity contribution is 5.92. The minimum atomic E-state index is -0.837. The van der Waals surface area contributed by atoms with E-state index in [1.54, 1.807) is 13.0 Å². The van der Waals surface area contributed by atoms with Crippen molar-refractivity contribution in [2.24, 2.45) is 5.41 Å². The lowest BCUT2D eigenvalue weighted by atomic mass is 9.66. The van der Waals surface area contributed by atoms with Gasteiger partial charge in [0, 0.05) is 6.54 Å². The van der Waals surface area contributed by atoms with Crippen molar-refractivity contribution in [3.05, 3.63) is 29.1 Å². The quantitative estimate of drug-likeness (QED) is 0.856. The summed E-state index contributed by atoms with van der Waals surface area (Å²) in [5, 5.41) is 20.5. The van der Waals surface area contributed by atoms with Crippen LogP contribution in [0.15, 0.2) is 12.1 Å². The van der Waals surface area contributed by atoms with Crippen molar-refractivity contribution in [2.75, 3.05) is 6.54 Å². The molecule has 0 aromatic carbocycles. The molecule has 2 rings (SSSR count). The number of carbonyl (C=O) groups excluding carboxylic acids is 1. The van der Waals surface area contributed by atoms with Crippen molar-refractivity contribution < 1.29 is 14.7 Å². The van der Waals surface area contributed by atoms with E-state index in [4.69, 9.17) is 10.4 Å². The molecule has 110 valence electrons. The summed E-state index contributed by atoms with van der Waals surface area (Å²) in [6.07, 6.45) is 2.71. The Morgan fingerprint density at radius 2 is 2.19 bits per heavy atom. The highest BCUT2D eigenvalue weighted by Crippen LogP contribution is 2.43. The molecule has 0 atom stereocenters. The van der Waals surface area contributed by atoms with Crippen molar-refractivity contribution in [1.29, 1.82) is 5.26 Å². The fraction of sp³-hybridized carbons (Fsp3) is 0.467. The Hall–Kier alpha value is -2.42. The van der Waals surface area contributed by atoms with Crippen LogP contribution in [0.5, 0.6) is 0 Å².